The minimum atomic E-state index is -0.325. The van der Waals surface area contributed by atoms with Gasteiger partial charge in [-0.3, -0.25) is 0 Å². The molecule has 6 heteroatoms. The zero-order chi connectivity index (χ0) is 20.8. The lowest BCUT2D eigenvalue weighted by molar-refractivity contribution is 0.297. The Bertz CT molecular complexity index is 1090. The predicted molar refractivity (Wildman–Crippen MR) is 119 cm³/mol. The van der Waals surface area contributed by atoms with Crippen LogP contribution >= 0.6 is 31.9 Å². The second-order valence-corrected chi connectivity index (χ2v) is 7.85. The van der Waals surface area contributed by atoms with Gasteiger partial charge in [0.1, 0.15) is 23.9 Å². The Morgan fingerprint density at radius 2 is 1.83 bits per heavy atom. The lowest BCUT2D eigenvalue weighted by Gasteiger charge is -2.13. The number of halogens is 3. The van der Waals surface area contributed by atoms with Gasteiger partial charge in [-0.1, -0.05) is 34.1 Å². The molecule has 0 radical (unpaired) electrons. The van der Waals surface area contributed by atoms with Crippen molar-refractivity contribution in [3.05, 3.63) is 92.1 Å². The molecule has 3 aromatic carbocycles. The molecule has 0 aliphatic heterocycles. The summed E-state index contributed by atoms with van der Waals surface area (Å²) in [6.07, 6.45) is 1.74. The van der Waals surface area contributed by atoms with Crippen molar-refractivity contribution in [1.82, 2.24) is 0 Å². The number of hydrogen-bond donors (Lipinski definition) is 0. The summed E-state index contributed by atoms with van der Waals surface area (Å²) in [5.41, 5.74) is 2.36. The molecule has 3 rings (SSSR count). The topological polar surface area (TPSA) is 42.2 Å². The molecular formula is C23H16Br2FNO2. The molecule has 0 spiro atoms. The fraction of sp³-hybridized carbons (Fsp3) is 0.0870. The van der Waals surface area contributed by atoms with Crippen LogP contribution in [0.3, 0.4) is 0 Å². The molecule has 0 aliphatic rings. The summed E-state index contributed by atoms with van der Waals surface area (Å²) < 4.78 is 26.6. The maximum atomic E-state index is 13.9. The van der Waals surface area contributed by atoms with Crippen LogP contribution in [0, 0.1) is 17.1 Å². The van der Waals surface area contributed by atoms with Crippen LogP contribution in [0.5, 0.6) is 11.5 Å². The van der Waals surface area contributed by atoms with E-state index in [1.165, 1.54) is 6.07 Å². The maximum Gasteiger partial charge on any atom is 0.141 e. The summed E-state index contributed by atoms with van der Waals surface area (Å²) in [6, 6.07) is 19.6. The monoisotopic (exact) mass is 515 g/mol. The number of benzene rings is 3. The minimum absolute atomic E-state index is 0.0676. The first kappa shape index (κ1) is 21.1. The van der Waals surface area contributed by atoms with Gasteiger partial charge in [0.2, 0.25) is 0 Å². The van der Waals surface area contributed by atoms with E-state index in [2.05, 4.69) is 37.9 Å². The van der Waals surface area contributed by atoms with Crippen LogP contribution in [0.25, 0.3) is 11.6 Å². The van der Waals surface area contributed by atoms with Crippen molar-refractivity contribution < 1.29 is 13.9 Å². The maximum absolute atomic E-state index is 13.9. The van der Waals surface area contributed by atoms with E-state index in [1.807, 2.05) is 24.3 Å². The summed E-state index contributed by atoms with van der Waals surface area (Å²) in [6.45, 7) is 0.0676. The van der Waals surface area contributed by atoms with Crippen LogP contribution in [0.2, 0.25) is 0 Å². The smallest absolute Gasteiger partial charge is 0.141 e. The van der Waals surface area contributed by atoms with Gasteiger partial charge in [0, 0.05) is 15.6 Å². The van der Waals surface area contributed by atoms with Crippen molar-refractivity contribution in [1.29, 1.82) is 5.26 Å². The Hall–Kier alpha value is -2.62. The number of rotatable bonds is 6. The second kappa shape index (κ2) is 9.73. The van der Waals surface area contributed by atoms with E-state index in [0.717, 1.165) is 10.0 Å². The fourth-order valence-electron chi connectivity index (χ4n) is 2.71. The van der Waals surface area contributed by atoms with Crippen molar-refractivity contribution in [2.75, 3.05) is 7.11 Å². The number of nitrogens with zero attached hydrogens (tertiary/aromatic N) is 1. The third-order valence-corrected chi connectivity index (χ3v) is 5.24. The molecule has 0 atom stereocenters. The SMILES string of the molecule is COc1ccc(/C(C#N)=C/c2cc(Br)cc(Br)c2OCc2ccccc2F)cc1. The Balaban J connectivity index is 1.97. The molecule has 0 heterocycles. The van der Waals surface area contributed by atoms with Crippen molar-refractivity contribution in [2.45, 2.75) is 6.61 Å². The molecule has 0 unspecified atom stereocenters. The van der Waals surface area contributed by atoms with Crippen molar-refractivity contribution in [2.24, 2.45) is 0 Å². The quantitative estimate of drug-likeness (QED) is 0.261. The Morgan fingerprint density at radius 1 is 1.10 bits per heavy atom. The summed E-state index contributed by atoms with van der Waals surface area (Å²) in [7, 11) is 1.59. The van der Waals surface area contributed by atoms with E-state index in [4.69, 9.17) is 9.47 Å². The number of allylic oxidation sites excluding steroid dienone is 1. The van der Waals surface area contributed by atoms with Gasteiger partial charge in [0.05, 0.1) is 23.2 Å². The molecule has 0 aliphatic carbocycles. The average Bonchev–Trinajstić information content (AvgIpc) is 2.72. The highest BCUT2D eigenvalue weighted by Gasteiger charge is 2.12. The van der Waals surface area contributed by atoms with E-state index in [9.17, 15) is 9.65 Å². The van der Waals surface area contributed by atoms with Gasteiger partial charge in [-0.2, -0.15) is 5.26 Å². The predicted octanol–water partition coefficient (Wildman–Crippen LogP) is 7.00. The van der Waals surface area contributed by atoms with Crippen molar-refractivity contribution >= 4 is 43.5 Å². The standard InChI is InChI=1S/C23H16Br2FNO2/c1-28-20-8-6-15(7-9-20)18(13-27)10-17-11-19(24)12-21(25)23(17)29-14-16-4-2-3-5-22(16)26/h2-12H,14H2,1H3/b18-10+. The zero-order valence-corrected chi connectivity index (χ0v) is 18.6. The van der Waals surface area contributed by atoms with E-state index < -0.39 is 0 Å². The molecule has 3 aromatic rings. The van der Waals surface area contributed by atoms with Gasteiger partial charge >= 0.3 is 0 Å². The highest BCUT2D eigenvalue weighted by atomic mass is 79.9. The Morgan fingerprint density at radius 3 is 2.48 bits per heavy atom. The number of hydrogen-bond acceptors (Lipinski definition) is 3. The highest BCUT2D eigenvalue weighted by Crippen LogP contribution is 2.36. The van der Waals surface area contributed by atoms with Crippen molar-refractivity contribution in [3.8, 4) is 17.6 Å². The van der Waals surface area contributed by atoms with Crippen LogP contribution in [-0.4, -0.2) is 7.11 Å². The molecule has 0 bridgehead atoms. The van der Waals surface area contributed by atoms with Gasteiger partial charge in [-0.15, -0.1) is 0 Å². The molecule has 0 amide bonds. The van der Waals surface area contributed by atoms with Crippen molar-refractivity contribution in [3.63, 3.8) is 0 Å². The van der Waals surface area contributed by atoms with E-state index in [-0.39, 0.29) is 12.4 Å². The van der Waals surface area contributed by atoms with Crippen LogP contribution in [0.1, 0.15) is 16.7 Å². The number of nitriles is 1. The highest BCUT2D eigenvalue weighted by molar-refractivity contribution is 9.11. The molecule has 0 saturated heterocycles. The van der Waals surface area contributed by atoms with Gasteiger partial charge in [0.25, 0.3) is 0 Å². The first-order valence-electron chi connectivity index (χ1n) is 8.63. The summed E-state index contributed by atoms with van der Waals surface area (Å²) in [5, 5.41) is 9.68. The molecule has 0 saturated carbocycles. The van der Waals surface area contributed by atoms with Crippen LogP contribution in [0.4, 0.5) is 4.39 Å². The van der Waals surface area contributed by atoms with Gasteiger partial charge in [-0.05, 0) is 70.0 Å². The minimum Gasteiger partial charge on any atom is -0.497 e. The van der Waals surface area contributed by atoms with Crippen LogP contribution in [0.15, 0.2) is 69.6 Å². The third kappa shape index (κ3) is 5.26. The van der Waals surface area contributed by atoms with Gasteiger partial charge in [-0.25, -0.2) is 4.39 Å². The van der Waals surface area contributed by atoms with Gasteiger partial charge in [0.15, 0.2) is 0 Å². The lowest BCUT2D eigenvalue weighted by Crippen LogP contribution is -2.00. The molecule has 0 aromatic heterocycles. The van der Waals surface area contributed by atoms with E-state index in [1.54, 1.807) is 43.5 Å². The van der Waals surface area contributed by atoms with E-state index in [0.29, 0.717) is 32.7 Å². The molecule has 3 nitrogen and oxygen atoms in total. The molecule has 146 valence electrons. The summed E-state index contributed by atoms with van der Waals surface area (Å²) in [4.78, 5) is 0. The summed E-state index contributed by atoms with van der Waals surface area (Å²) >= 11 is 6.97. The zero-order valence-electron chi connectivity index (χ0n) is 15.5. The Kier molecular flexibility index (Phi) is 7.08. The third-order valence-electron chi connectivity index (χ3n) is 4.19. The molecule has 0 fully saturated rings. The average molecular weight is 517 g/mol. The van der Waals surface area contributed by atoms with Crippen LogP contribution in [-0.2, 0) is 6.61 Å². The largest absolute Gasteiger partial charge is 0.497 e. The Labute approximate surface area is 185 Å². The van der Waals surface area contributed by atoms with Gasteiger partial charge < -0.3 is 9.47 Å². The molecule has 0 N–H and O–H groups in total. The molecule has 29 heavy (non-hydrogen) atoms. The normalized spacial score (nSPS) is 11.1. The fourth-order valence-corrected chi connectivity index (χ4v) is 4.08. The summed E-state index contributed by atoms with van der Waals surface area (Å²) in [5.74, 6) is 0.914. The number of methoxy groups -OCH3 is 1. The van der Waals surface area contributed by atoms with Crippen LogP contribution < -0.4 is 9.47 Å². The number of ether oxygens (including phenoxy) is 2. The molecular weight excluding hydrogens is 501 g/mol. The van der Waals surface area contributed by atoms with E-state index >= 15 is 0 Å². The first-order chi connectivity index (χ1) is 14.0. The second-order valence-electron chi connectivity index (χ2n) is 6.08. The lowest BCUT2D eigenvalue weighted by atomic mass is 10.0. The first-order valence-corrected chi connectivity index (χ1v) is 10.2.